The second kappa shape index (κ2) is 5.64. The molecule has 3 rings (SSSR count). The van der Waals surface area contributed by atoms with Crippen LogP contribution in [0.5, 0.6) is 0 Å². The number of nitro benzene ring substituents is 1. The van der Waals surface area contributed by atoms with Gasteiger partial charge in [-0.15, -0.1) is 0 Å². The number of halogens is 1. The summed E-state index contributed by atoms with van der Waals surface area (Å²) in [7, 11) is 0. The van der Waals surface area contributed by atoms with Crippen molar-refractivity contribution in [1.82, 2.24) is 9.38 Å². The van der Waals surface area contributed by atoms with Crippen LogP contribution in [0.4, 0.5) is 5.69 Å². The second-order valence-electron chi connectivity index (χ2n) is 4.40. The lowest BCUT2D eigenvalue weighted by molar-refractivity contribution is -0.387. The van der Waals surface area contributed by atoms with E-state index in [4.69, 9.17) is 0 Å². The molecule has 0 saturated heterocycles. The predicted molar refractivity (Wildman–Crippen MR) is 89.9 cm³/mol. The molecule has 2 aromatic heterocycles. The molecule has 21 heavy (non-hydrogen) atoms. The Balaban J connectivity index is 2.06. The van der Waals surface area contributed by atoms with Crippen LogP contribution in [0.15, 0.2) is 52.5 Å². The Bertz CT molecular complexity index is 847. The molecule has 0 aliphatic rings. The van der Waals surface area contributed by atoms with E-state index < -0.39 is 0 Å². The Morgan fingerprint density at radius 3 is 2.86 bits per heavy atom. The summed E-state index contributed by atoms with van der Waals surface area (Å²) in [5.41, 5.74) is 1.93. The molecule has 0 saturated carbocycles. The lowest BCUT2D eigenvalue weighted by Gasteiger charge is -2.01. The third kappa shape index (κ3) is 2.75. The standard InChI is InChI=1S/C14H10IN3O2S/c1-9-14(16-13-8-10(15)6-7-17(9)13)21-12-5-3-2-4-11(12)18(19)20/h2-8H,1H3. The van der Waals surface area contributed by atoms with Gasteiger partial charge in [-0.25, -0.2) is 4.98 Å². The third-order valence-electron chi connectivity index (χ3n) is 3.05. The second-order valence-corrected chi connectivity index (χ2v) is 6.68. The number of aromatic nitrogens is 2. The van der Waals surface area contributed by atoms with E-state index in [0.717, 1.165) is 19.9 Å². The van der Waals surface area contributed by atoms with Gasteiger partial charge in [-0.2, -0.15) is 0 Å². The van der Waals surface area contributed by atoms with Gasteiger partial charge in [-0.1, -0.05) is 23.9 Å². The normalized spacial score (nSPS) is 11.0. The average Bonchev–Trinajstić information content (AvgIpc) is 2.75. The molecule has 0 fully saturated rings. The van der Waals surface area contributed by atoms with E-state index >= 15 is 0 Å². The number of hydrogen-bond acceptors (Lipinski definition) is 4. The molecular formula is C14H10IN3O2S. The molecule has 5 nitrogen and oxygen atoms in total. The summed E-state index contributed by atoms with van der Waals surface area (Å²) in [5.74, 6) is 0. The van der Waals surface area contributed by atoms with Gasteiger partial charge in [0, 0.05) is 15.8 Å². The summed E-state index contributed by atoms with van der Waals surface area (Å²) >= 11 is 3.56. The van der Waals surface area contributed by atoms with Gasteiger partial charge in [0.05, 0.1) is 15.5 Å². The van der Waals surface area contributed by atoms with Gasteiger partial charge in [0.15, 0.2) is 0 Å². The molecule has 0 amide bonds. The molecule has 0 unspecified atom stereocenters. The van der Waals surface area contributed by atoms with Crippen molar-refractivity contribution in [3.63, 3.8) is 0 Å². The van der Waals surface area contributed by atoms with Crippen LogP contribution < -0.4 is 0 Å². The van der Waals surface area contributed by atoms with Crippen molar-refractivity contribution in [2.45, 2.75) is 16.8 Å². The van der Waals surface area contributed by atoms with Crippen LogP contribution in [-0.4, -0.2) is 14.3 Å². The van der Waals surface area contributed by atoms with Gasteiger partial charge in [0.1, 0.15) is 10.7 Å². The van der Waals surface area contributed by atoms with E-state index in [-0.39, 0.29) is 10.6 Å². The Morgan fingerprint density at radius 2 is 2.10 bits per heavy atom. The maximum Gasteiger partial charge on any atom is 0.283 e. The van der Waals surface area contributed by atoms with E-state index in [1.165, 1.54) is 17.8 Å². The zero-order valence-electron chi connectivity index (χ0n) is 11.0. The summed E-state index contributed by atoms with van der Waals surface area (Å²) in [6.45, 7) is 1.96. The van der Waals surface area contributed by atoms with Crippen molar-refractivity contribution in [3.8, 4) is 0 Å². The molecule has 1 aromatic carbocycles. The summed E-state index contributed by atoms with van der Waals surface area (Å²) in [6, 6.07) is 10.7. The van der Waals surface area contributed by atoms with Gasteiger partial charge >= 0.3 is 0 Å². The first-order valence-corrected chi connectivity index (χ1v) is 8.01. The van der Waals surface area contributed by atoms with E-state index in [1.54, 1.807) is 18.2 Å². The first-order chi connectivity index (χ1) is 10.1. The van der Waals surface area contributed by atoms with Crippen LogP contribution in [0.1, 0.15) is 5.69 Å². The molecule has 0 N–H and O–H groups in total. The molecule has 0 bridgehead atoms. The van der Waals surface area contributed by atoms with E-state index in [1.807, 2.05) is 29.7 Å². The molecule has 0 radical (unpaired) electrons. The first kappa shape index (κ1) is 14.3. The zero-order chi connectivity index (χ0) is 15.0. The molecule has 0 spiro atoms. The number of pyridine rings is 1. The summed E-state index contributed by atoms with van der Waals surface area (Å²) < 4.78 is 3.09. The van der Waals surface area contributed by atoms with Crippen LogP contribution in [0, 0.1) is 20.6 Å². The smallest absolute Gasteiger partial charge is 0.283 e. The van der Waals surface area contributed by atoms with E-state index in [0.29, 0.717) is 4.90 Å². The number of aryl methyl sites for hydroxylation is 1. The van der Waals surface area contributed by atoms with Crippen molar-refractivity contribution in [3.05, 3.63) is 62.0 Å². The fourth-order valence-electron chi connectivity index (χ4n) is 2.02. The Morgan fingerprint density at radius 1 is 1.33 bits per heavy atom. The van der Waals surface area contributed by atoms with Crippen molar-refractivity contribution in [2.24, 2.45) is 0 Å². The van der Waals surface area contributed by atoms with Crippen molar-refractivity contribution in [1.29, 1.82) is 0 Å². The minimum Gasteiger partial charge on any atom is -0.303 e. The molecule has 0 aliphatic heterocycles. The highest BCUT2D eigenvalue weighted by molar-refractivity contribution is 14.1. The zero-order valence-corrected chi connectivity index (χ0v) is 14.0. The first-order valence-electron chi connectivity index (χ1n) is 6.12. The summed E-state index contributed by atoms with van der Waals surface area (Å²) in [5, 5.41) is 11.9. The minimum atomic E-state index is -0.365. The third-order valence-corrected chi connectivity index (χ3v) is 4.87. The number of fused-ring (bicyclic) bond motifs is 1. The SMILES string of the molecule is Cc1c(Sc2ccccc2[N+](=O)[O-])nc2cc(I)ccn12. The molecule has 3 aromatic rings. The lowest BCUT2D eigenvalue weighted by atomic mass is 10.3. The number of hydrogen-bond donors (Lipinski definition) is 0. The predicted octanol–water partition coefficient (Wildman–Crippen LogP) is 4.31. The van der Waals surface area contributed by atoms with Crippen molar-refractivity contribution >= 4 is 45.7 Å². The van der Waals surface area contributed by atoms with Gasteiger partial charge in [0.2, 0.25) is 0 Å². The fraction of sp³-hybridized carbons (Fsp3) is 0.0714. The number of nitro groups is 1. The minimum absolute atomic E-state index is 0.105. The van der Waals surface area contributed by atoms with Crippen molar-refractivity contribution in [2.75, 3.05) is 0 Å². The number of benzene rings is 1. The number of nitrogens with zero attached hydrogens (tertiary/aromatic N) is 3. The molecule has 7 heteroatoms. The maximum absolute atomic E-state index is 11.1. The number of para-hydroxylation sites is 1. The van der Waals surface area contributed by atoms with Gasteiger partial charge in [0.25, 0.3) is 5.69 Å². The van der Waals surface area contributed by atoms with Crippen LogP contribution in [0.3, 0.4) is 0 Å². The molecule has 2 heterocycles. The van der Waals surface area contributed by atoms with Gasteiger partial charge in [-0.05, 0) is 47.7 Å². The van der Waals surface area contributed by atoms with Gasteiger partial charge in [-0.3, -0.25) is 10.1 Å². The van der Waals surface area contributed by atoms with E-state index in [9.17, 15) is 10.1 Å². The average molecular weight is 411 g/mol. The van der Waals surface area contributed by atoms with Crippen LogP contribution in [-0.2, 0) is 0 Å². The highest BCUT2D eigenvalue weighted by Crippen LogP contribution is 2.35. The molecule has 106 valence electrons. The van der Waals surface area contributed by atoms with Crippen LogP contribution in [0.25, 0.3) is 5.65 Å². The van der Waals surface area contributed by atoms with Gasteiger partial charge < -0.3 is 4.40 Å². The number of rotatable bonds is 3. The van der Waals surface area contributed by atoms with Crippen LogP contribution >= 0.6 is 34.4 Å². The highest BCUT2D eigenvalue weighted by atomic mass is 127. The Kier molecular flexibility index (Phi) is 3.85. The fourth-order valence-corrected chi connectivity index (χ4v) is 3.44. The number of imidazole rings is 1. The quantitative estimate of drug-likeness (QED) is 0.366. The summed E-state index contributed by atoms with van der Waals surface area (Å²) in [4.78, 5) is 15.9. The topological polar surface area (TPSA) is 60.4 Å². The Labute approximate surface area is 138 Å². The van der Waals surface area contributed by atoms with Crippen LogP contribution in [0.2, 0.25) is 0 Å². The van der Waals surface area contributed by atoms with E-state index in [2.05, 4.69) is 27.6 Å². The summed E-state index contributed by atoms with van der Waals surface area (Å²) in [6.07, 6.45) is 1.96. The lowest BCUT2D eigenvalue weighted by Crippen LogP contribution is -1.90. The molecule has 0 aliphatic carbocycles. The maximum atomic E-state index is 11.1. The van der Waals surface area contributed by atoms with Crippen molar-refractivity contribution < 1.29 is 4.92 Å². The molecule has 0 atom stereocenters. The largest absolute Gasteiger partial charge is 0.303 e. The monoisotopic (exact) mass is 411 g/mol. The molecular weight excluding hydrogens is 401 g/mol. The highest BCUT2D eigenvalue weighted by Gasteiger charge is 2.17. The Hall–Kier alpha value is -1.61.